The van der Waals surface area contributed by atoms with Crippen molar-refractivity contribution in [2.24, 2.45) is 5.73 Å². The maximum Gasteiger partial charge on any atom is 0.255 e. The van der Waals surface area contributed by atoms with Crippen molar-refractivity contribution in [2.45, 2.75) is 6.42 Å². The molecular weight excluding hydrogens is 322 g/mol. The Labute approximate surface area is 146 Å². The van der Waals surface area contributed by atoms with Crippen LogP contribution in [0.3, 0.4) is 0 Å². The summed E-state index contributed by atoms with van der Waals surface area (Å²) in [5, 5.41) is 5.50. The summed E-state index contributed by atoms with van der Waals surface area (Å²) in [7, 11) is 3.07. The van der Waals surface area contributed by atoms with E-state index in [0.29, 0.717) is 28.4 Å². The number of amides is 2. The number of ether oxygens (including phenoxy) is 2. The second-order valence-corrected chi connectivity index (χ2v) is 5.18. The van der Waals surface area contributed by atoms with Crippen LogP contribution in [0, 0.1) is 0 Å². The van der Waals surface area contributed by atoms with Crippen molar-refractivity contribution in [3.63, 3.8) is 0 Å². The maximum atomic E-state index is 12.3. The standard InChI is InChI=1S/C18H21N3O4/c1-24-14-6-3-12(4-7-14)18(23)20-13-5-8-16(25-2)15(11-13)21-17(22)9-10-19/h3-8,11H,9-10,19H2,1-2H3,(H,20,23)(H,21,22). The summed E-state index contributed by atoms with van der Waals surface area (Å²) >= 11 is 0. The average molecular weight is 343 g/mol. The predicted molar refractivity (Wildman–Crippen MR) is 96.2 cm³/mol. The molecule has 4 N–H and O–H groups in total. The highest BCUT2D eigenvalue weighted by atomic mass is 16.5. The fourth-order valence-electron chi connectivity index (χ4n) is 2.17. The Morgan fingerprint density at radius 1 is 1.00 bits per heavy atom. The van der Waals surface area contributed by atoms with Gasteiger partial charge in [0.1, 0.15) is 11.5 Å². The zero-order valence-corrected chi connectivity index (χ0v) is 14.2. The van der Waals surface area contributed by atoms with Crippen molar-refractivity contribution < 1.29 is 19.1 Å². The number of methoxy groups -OCH3 is 2. The predicted octanol–water partition coefficient (Wildman–Crippen LogP) is 2.24. The Bertz CT molecular complexity index is 744. The first-order chi connectivity index (χ1) is 12.1. The number of carbonyl (C=O) groups excluding carboxylic acids is 2. The SMILES string of the molecule is COc1ccc(C(=O)Nc2ccc(OC)c(NC(=O)CCN)c2)cc1. The highest BCUT2D eigenvalue weighted by molar-refractivity contribution is 6.05. The quantitative estimate of drug-likeness (QED) is 0.715. The van der Waals surface area contributed by atoms with E-state index < -0.39 is 0 Å². The molecule has 0 fully saturated rings. The third kappa shape index (κ3) is 4.95. The lowest BCUT2D eigenvalue weighted by molar-refractivity contribution is -0.116. The summed E-state index contributed by atoms with van der Waals surface area (Å²) in [5.41, 5.74) is 6.87. The zero-order valence-electron chi connectivity index (χ0n) is 14.2. The van der Waals surface area contributed by atoms with E-state index in [1.807, 2.05) is 0 Å². The van der Waals surface area contributed by atoms with Crippen molar-refractivity contribution in [3.05, 3.63) is 48.0 Å². The van der Waals surface area contributed by atoms with Crippen LogP contribution in [0.4, 0.5) is 11.4 Å². The molecule has 0 bridgehead atoms. The van der Waals surface area contributed by atoms with Gasteiger partial charge < -0.3 is 25.8 Å². The summed E-state index contributed by atoms with van der Waals surface area (Å²) in [6, 6.07) is 11.8. The van der Waals surface area contributed by atoms with Gasteiger partial charge >= 0.3 is 0 Å². The lowest BCUT2D eigenvalue weighted by Crippen LogP contribution is -2.17. The van der Waals surface area contributed by atoms with Crippen LogP contribution in [0.1, 0.15) is 16.8 Å². The highest BCUT2D eigenvalue weighted by Crippen LogP contribution is 2.28. The molecule has 25 heavy (non-hydrogen) atoms. The number of anilines is 2. The van der Waals surface area contributed by atoms with E-state index in [-0.39, 0.29) is 24.8 Å². The Balaban J connectivity index is 2.15. The van der Waals surface area contributed by atoms with Gasteiger partial charge in [-0.15, -0.1) is 0 Å². The third-order valence-electron chi connectivity index (χ3n) is 3.46. The molecule has 132 valence electrons. The summed E-state index contributed by atoms with van der Waals surface area (Å²) in [5.74, 6) is 0.671. The van der Waals surface area contributed by atoms with E-state index in [0.717, 1.165) is 0 Å². The molecule has 2 amide bonds. The summed E-state index contributed by atoms with van der Waals surface area (Å²) in [6.45, 7) is 0.252. The van der Waals surface area contributed by atoms with Crippen molar-refractivity contribution >= 4 is 23.2 Å². The molecule has 0 unspecified atom stereocenters. The summed E-state index contributed by atoms with van der Waals surface area (Å²) in [6.07, 6.45) is 0.200. The van der Waals surface area contributed by atoms with Crippen molar-refractivity contribution in [2.75, 3.05) is 31.4 Å². The van der Waals surface area contributed by atoms with Crippen LogP contribution in [0.2, 0.25) is 0 Å². The van der Waals surface area contributed by atoms with Gasteiger partial charge in [0.05, 0.1) is 19.9 Å². The van der Waals surface area contributed by atoms with Gasteiger partial charge in [-0.2, -0.15) is 0 Å². The largest absolute Gasteiger partial charge is 0.497 e. The van der Waals surface area contributed by atoms with E-state index in [1.165, 1.54) is 7.11 Å². The molecule has 0 aromatic heterocycles. The van der Waals surface area contributed by atoms with Crippen LogP contribution in [0.5, 0.6) is 11.5 Å². The van der Waals surface area contributed by atoms with Gasteiger partial charge in [0, 0.05) is 24.2 Å². The van der Waals surface area contributed by atoms with Crippen molar-refractivity contribution in [3.8, 4) is 11.5 Å². The second kappa shape index (κ2) is 8.70. The zero-order chi connectivity index (χ0) is 18.2. The first kappa shape index (κ1) is 18.3. The van der Waals surface area contributed by atoms with Gasteiger partial charge in [-0.25, -0.2) is 0 Å². The number of hydrogen-bond acceptors (Lipinski definition) is 5. The highest BCUT2D eigenvalue weighted by Gasteiger charge is 2.11. The van der Waals surface area contributed by atoms with Crippen LogP contribution in [-0.2, 0) is 4.79 Å². The van der Waals surface area contributed by atoms with E-state index in [2.05, 4.69) is 10.6 Å². The second-order valence-electron chi connectivity index (χ2n) is 5.18. The Morgan fingerprint density at radius 2 is 1.72 bits per heavy atom. The Morgan fingerprint density at radius 3 is 2.32 bits per heavy atom. The van der Waals surface area contributed by atoms with Crippen LogP contribution in [0.25, 0.3) is 0 Å². The minimum absolute atomic E-state index is 0.200. The fourth-order valence-corrected chi connectivity index (χ4v) is 2.17. The average Bonchev–Trinajstić information content (AvgIpc) is 2.62. The number of rotatable bonds is 7. The third-order valence-corrected chi connectivity index (χ3v) is 3.46. The maximum absolute atomic E-state index is 12.3. The van der Waals surface area contributed by atoms with Crippen LogP contribution in [0.15, 0.2) is 42.5 Å². The Kier molecular flexibility index (Phi) is 6.36. The van der Waals surface area contributed by atoms with Crippen LogP contribution in [-0.4, -0.2) is 32.6 Å². The van der Waals surface area contributed by atoms with Gasteiger partial charge in [-0.3, -0.25) is 9.59 Å². The molecule has 0 heterocycles. The number of carbonyl (C=O) groups is 2. The number of hydrogen-bond donors (Lipinski definition) is 3. The van der Waals surface area contributed by atoms with Gasteiger partial charge in [0.25, 0.3) is 5.91 Å². The van der Waals surface area contributed by atoms with Crippen molar-refractivity contribution in [1.29, 1.82) is 0 Å². The van der Waals surface area contributed by atoms with E-state index in [1.54, 1.807) is 49.6 Å². The molecule has 7 heteroatoms. The molecule has 2 aromatic rings. The monoisotopic (exact) mass is 343 g/mol. The lowest BCUT2D eigenvalue weighted by atomic mass is 10.2. The topological polar surface area (TPSA) is 103 Å². The van der Waals surface area contributed by atoms with E-state index >= 15 is 0 Å². The molecule has 0 aliphatic rings. The smallest absolute Gasteiger partial charge is 0.255 e. The lowest BCUT2D eigenvalue weighted by Gasteiger charge is -2.13. The molecule has 0 atom stereocenters. The molecule has 0 aliphatic heterocycles. The van der Waals surface area contributed by atoms with Crippen LogP contribution >= 0.6 is 0 Å². The molecule has 2 rings (SSSR count). The summed E-state index contributed by atoms with van der Waals surface area (Å²) in [4.78, 5) is 24.1. The molecule has 2 aromatic carbocycles. The molecule has 0 radical (unpaired) electrons. The minimum Gasteiger partial charge on any atom is -0.497 e. The molecule has 0 saturated carbocycles. The summed E-state index contributed by atoms with van der Waals surface area (Å²) < 4.78 is 10.3. The van der Waals surface area contributed by atoms with Gasteiger partial charge in [-0.05, 0) is 42.5 Å². The molecule has 0 saturated heterocycles. The minimum atomic E-state index is -0.271. The van der Waals surface area contributed by atoms with Gasteiger partial charge in [0.15, 0.2) is 0 Å². The normalized spacial score (nSPS) is 10.0. The molecule has 7 nitrogen and oxygen atoms in total. The fraction of sp³-hybridized carbons (Fsp3) is 0.222. The molecule has 0 aliphatic carbocycles. The van der Waals surface area contributed by atoms with Crippen LogP contribution < -0.4 is 25.8 Å². The van der Waals surface area contributed by atoms with E-state index in [9.17, 15) is 9.59 Å². The molecule has 0 spiro atoms. The number of nitrogens with two attached hydrogens (primary N) is 1. The van der Waals surface area contributed by atoms with Gasteiger partial charge in [0.2, 0.25) is 5.91 Å². The number of nitrogens with one attached hydrogen (secondary N) is 2. The van der Waals surface area contributed by atoms with Gasteiger partial charge in [-0.1, -0.05) is 0 Å². The first-order valence-corrected chi connectivity index (χ1v) is 7.70. The Hall–Kier alpha value is -3.06. The first-order valence-electron chi connectivity index (χ1n) is 7.70. The van der Waals surface area contributed by atoms with Crippen molar-refractivity contribution in [1.82, 2.24) is 0 Å². The van der Waals surface area contributed by atoms with E-state index in [4.69, 9.17) is 15.2 Å². The number of benzene rings is 2. The molecular formula is C18H21N3O4.